The maximum atomic E-state index is 12.0. The van der Waals surface area contributed by atoms with Gasteiger partial charge in [-0.1, -0.05) is 0 Å². The first kappa shape index (κ1) is 18.1. The van der Waals surface area contributed by atoms with Gasteiger partial charge in [0, 0.05) is 16.1 Å². The van der Waals surface area contributed by atoms with E-state index in [1.807, 2.05) is 0 Å². The first-order valence-electron chi connectivity index (χ1n) is 7.62. The summed E-state index contributed by atoms with van der Waals surface area (Å²) in [6.07, 6.45) is -0.765. The van der Waals surface area contributed by atoms with Crippen LogP contribution in [0.5, 0.6) is 5.75 Å². The summed E-state index contributed by atoms with van der Waals surface area (Å²) in [7, 11) is 0. The molecule has 1 heterocycles. The molecule has 1 aliphatic heterocycles. The van der Waals surface area contributed by atoms with Crippen LogP contribution in [-0.2, 0) is 9.53 Å². The van der Waals surface area contributed by atoms with Crippen LogP contribution in [0.3, 0.4) is 0 Å². The van der Waals surface area contributed by atoms with Crippen LogP contribution in [0.4, 0.5) is 11.4 Å². The van der Waals surface area contributed by atoms with Gasteiger partial charge in [-0.05, 0) is 52.9 Å². The molecule has 2 aromatic carbocycles. The number of anilines is 1. The number of nitrogens with one attached hydrogen (secondary N) is 1. The number of rotatable bonds is 5. The molecule has 1 N–H and O–H groups in total. The molecule has 0 aliphatic carbocycles. The van der Waals surface area contributed by atoms with E-state index in [0.717, 1.165) is 3.57 Å². The van der Waals surface area contributed by atoms with Gasteiger partial charge in [0.25, 0.3) is 11.6 Å². The highest BCUT2D eigenvalue weighted by Gasteiger charge is 2.29. The topological polar surface area (TPSA) is 108 Å². The number of carbonyl (C=O) groups is 2. The molecule has 1 aliphatic rings. The SMILES string of the molecule is O=C(OCC[C@H]1Oc2cc([N+](=O)[O-])ccc2NC1=O)c1ccc(I)cc1. The largest absolute Gasteiger partial charge is 0.478 e. The number of non-ortho nitro benzene ring substituents is 1. The number of esters is 1. The van der Waals surface area contributed by atoms with Crippen molar-refractivity contribution >= 4 is 45.8 Å². The van der Waals surface area contributed by atoms with Crippen molar-refractivity contribution in [2.24, 2.45) is 0 Å². The zero-order chi connectivity index (χ0) is 18.7. The Hall–Kier alpha value is -2.69. The highest BCUT2D eigenvalue weighted by atomic mass is 127. The molecule has 0 aromatic heterocycles. The molecule has 0 bridgehead atoms. The van der Waals surface area contributed by atoms with E-state index in [1.165, 1.54) is 18.2 Å². The quantitative estimate of drug-likeness (QED) is 0.313. The van der Waals surface area contributed by atoms with Crippen molar-refractivity contribution < 1.29 is 24.0 Å². The summed E-state index contributed by atoms with van der Waals surface area (Å²) in [5.74, 6) is -0.668. The fourth-order valence-electron chi connectivity index (χ4n) is 2.36. The van der Waals surface area contributed by atoms with Gasteiger partial charge in [-0.3, -0.25) is 14.9 Å². The van der Waals surface area contributed by atoms with Gasteiger partial charge in [-0.25, -0.2) is 4.79 Å². The lowest BCUT2D eigenvalue weighted by molar-refractivity contribution is -0.384. The minimum Gasteiger partial charge on any atom is -0.478 e. The van der Waals surface area contributed by atoms with E-state index in [0.29, 0.717) is 11.3 Å². The van der Waals surface area contributed by atoms with Crippen molar-refractivity contribution in [3.8, 4) is 5.75 Å². The van der Waals surface area contributed by atoms with Crippen molar-refractivity contribution in [3.63, 3.8) is 0 Å². The number of nitro groups is 1. The van der Waals surface area contributed by atoms with E-state index in [1.54, 1.807) is 24.3 Å². The number of nitrogens with zero attached hydrogens (tertiary/aromatic N) is 1. The molecule has 134 valence electrons. The molecule has 0 spiro atoms. The van der Waals surface area contributed by atoms with E-state index in [4.69, 9.17) is 9.47 Å². The number of nitro benzene ring substituents is 1. The summed E-state index contributed by atoms with van der Waals surface area (Å²) < 4.78 is 11.7. The van der Waals surface area contributed by atoms with E-state index in [-0.39, 0.29) is 24.5 Å². The molecule has 0 unspecified atom stereocenters. The highest BCUT2D eigenvalue weighted by Crippen LogP contribution is 2.33. The lowest BCUT2D eigenvalue weighted by atomic mass is 10.1. The van der Waals surface area contributed by atoms with Crippen molar-refractivity contribution in [1.82, 2.24) is 0 Å². The summed E-state index contributed by atoms with van der Waals surface area (Å²) in [5, 5.41) is 13.5. The molecule has 0 fully saturated rings. The van der Waals surface area contributed by atoms with Gasteiger partial charge in [-0.15, -0.1) is 0 Å². The van der Waals surface area contributed by atoms with Gasteiger partial charge >= 0.3 is 5.97 Å². The summed E-state index contributed by atoms with van der Waals surface area (Å²) >= 11 is 2.13. The van der Waals surface area contributed by atoms with Crippen molar-refractivity contribution in [3.05, 3.63) is 61.7 Å². The van der Waals surface area contributed by atoms with Gasteiger partial charge in [0.15, 0.2) is 11.9 Å². The Morgan fingerprint density at radius 3 is 2.69 bits per heavy atom. The first-order chi connectivity index (χ1) is 12.4. The molecule has 1 amide bonds. The zero-order valence-corrected chi connectivity index (χ0v) is 15.5. The van der Waals surface area contributed by atoms with E-state index >= 15 is 0 Å². The molecule has 0 radical (unpaired) electrons. The Morgan fingerprint density at radius 1 is 1.27 bits per heavy atom. The van der Waals surface area contributed by atoms with Crippen molar-refractivity contribution in [2.75, 3.05) is 11.9 Å². The minimum absolute atomic E-state index is 0.0207. The van der Waals surface area contributed by atoms with Gasteiger partial charge < -0.3 is 14.8 Å². The monoisotopic (exact) mass is 468 g/mol. The summed E-state index contributed by atoms with van der Waals surface area (Å²) in [6, 6.07) is 10.8. The van der Waals surface area contributed by atoms with Crippen LogP contribution in [0.1, 0.15) is 16.8 Å². The maximum absolute atomic E-state index is 12.0. The Kier molecular flexibility index (Phi) is 5.35. The maximum Gasteiger partial charge on any atom is 0.338 e. The average molecular weight is 468 g/mol. The molecule has 1 atom stereocenters. The molecule has 8 nitrogen and oxygen atoms in total. The third-order valence-corrected chi connectivity index (χ3v) is 4.41. The van der Waals surface area contributed by atoms with Crippen LogP contribution in [0.25, 0.3) is 0 Å². The predicted octanol–water partition coefficient (Wildman–Crippen LogP) is 3.15. The van der Waals surface area contributed by atoms with E-state index in [2.05, 4.69) is 27.9 Å². The first-order valence-corrected chi connectivity index (χ1v) is 8.70. The number of halogens is 1. The van der Waals surface area contributed by atoms with Gasteiger partial charge in [0.05, 0.1) is 28.8 Å². The summed E-state index contributed by atoms with van der Waals surface area (Å²) in [5.41, 5.74) is 0.650. The molecule has 0 saturated heterocycles. The summed E-state index contributed by atoms with van der Waals surface area (Å²) in [6.45, 7) is -0.0207. The lowest BCUT2D eigenvalue weighted by Gasteiger charge is -2.25. The standard InChI is InChI=1S/C17H13IN2O6/c18-11-3-1-10(2-4-11)17(22)25-8-7-14-16(21)19-13-6-5-12(20(23)24)9-15(13)26-14/h1-6,9,14H,7-8H2,(H,19,21)/t14-/m1/s1. The van der Waals surface area contributed by atoms with Crippen LogP contribution in [-0.4, -0.2) is 29.5 Å². The van der Waals surface area contributed by atoms with Crippen LogP contribution in [0.15, 0.2) is 42.5 Å². The Labute approximate surface area is 161 Å². The molecule has 0 saturated carbocycles. The molecular formula is C17H13IN2O6. The van der Waals surface area contributed by atoms with Crippen molar-refractivity contribution in [1.29, 1.82) is 0 Å². The van der Waals surface area contributed by atoms with Crippen LogP contribution < -0.4 is 10.1 Å². The van der Waals surface area contributed by atoms with Gasteiger partial charge in [0.1, 0.15) is 0 Å². The minimum atomic E-state index is -0.894. The third-order valence-electron chi connectivity index (χ3n) is 3.69. The highest BCUT2D eigenvalue weighted by molar-refractivity contribution is 14.1. The Morgan fingerprint density at radius 2 is 2.00 bits per heavy atom. The average Bonchev–Trinajstić information content (AvgIpc) is 2.62. The predicted molar refractivity (Wildman–Crippen MR) is 100 cm³/mol. The molecule has 3 rings (SSSR count). The second-order valence-corrected chi connectivity index (χ2v) is 6.71. The molecule has 2 aromatic rings. The van der Waals surface area contributed by atoms with Crippen LogP contribution in [0.2, 0.25) is 0 Å². The Bertz CT molecular complexity index is 868. The fourth-order valence-corrected chi connectivity index (χ4v) is 2.72. The van der Waals surface area contributed by atoms with Crippen LogP contribution >= 0.6 is 22.6 Å². The van der Waals surface area contributed by atoms with Crippen molar-refractivity contribution in [2.45, 2.75) is 12.5 Å². The number of ether oxygens (including phenoxy) is 2. The van der Waals surface area contributed by atoms with Crippen LogP contribution in [0, 0.1) is 13.7 Å². The zero-order valence-electron chi connectivity index (χ0n) is 13.3. The Balaban J connectivity index is 1.59. The molecular weight excluding hydrogens is 455 g/mol. The van der Waals surface area contributed by atoms with E-state index < -0.39 is 22.9 Å². The number of hydrogen-bond acceptors (Lipinski definition) is 6. The molecule has 26 heavy (non-hydrogen) atoms. The van der Waals surface area contributed by atoms with Gasteiger partial charge in [0.2, 0.25) is 0 Å². The normalized spacial score (nSPS) is 15.4. The second kappa shape index (κ2) is 7.68. The lowest BCUT2D eigenvalue weighted by Crippen LogP contribution is -2.38. The number of fused-ring (bicyclic) bond motifs is 1. The number of hydrogen-bond donors (Lipinski definition) is 1. The molecule has 9 heteroatoms. The number of benzene rings is 2. The number of carbonyl (C=O) groups excluding carboxylic acids is 2. The fraction of sp³-hybridized carbons (Fsp3) is 0.176. The van der Waals surface area contributed by atoms with E-state index in [9.17, 15) is 19.7 Å². The smallest absolute Gasteiger partial charge is 0.338 e. The van der Waals surface area contributed by atoms with Gasteiger partial charge in [-0.2, -0.15) is 0 Å². The summed E-state index contributed by atoms with van der Waals surface area (Å²) in [4.78, 5) is 34.3. The second-order valence-electron chi connectivity index (χ2n) is 5.46. The third kappa shape index (κ3) is 4.10. The number of amides is 1.